The number of thiophene rings is 1. The second-order valence-electron chi connectivity index (χ2n) is 6.40. The third-order valence-corrected chi connectivity index (χ3v) is 5.89. The van der Waals surface area contributed by atoms with Crippen LogP contribution in [0, 0.1) is 6.92 Å². The van der Waals surface area contributed by atoms with E-state index in [4.69, 9.17) is 22.1 Å². The van der Waals surface area contributed by atoms with Crippen molar-refractivity contribution in [3.8, 4) is 16.9 Å². The Kier molecular flexibility index (Phi) is 4.79. The maximum atomic E-state index is 13.1. The summed E-state index contributed by atoms with van der Waals surface area (Å²) in [6.07, 6.45) is 0. The number of nitrogen functional groups attached to an aromatic ring is 1. The van der Waals surface area contributed by atoms with E-state index in [1.54, 1.807) is 31.4 Å². The van der Waals surface area contributed by atoms with Crippen molar-refractivity contribution < 1.29 is 9.53 Å². The number of benzene rings is 2. The van der Waals surface area contributed by atoms with Crippen molar-refractivity contribution in [3.63, 3.8) is 0 Å². The first-order valence-corrected chi connectivity index (χ1v) is 9.81. The number of hydrogen-bond acceptors (Lipinski definition) is 5. The Bertz CT molecular complexity index is 1180. The fourth-order valence-corrected chi connectivity index (χ4v) is 4.40. The molecule has 0 fully saturated rings. The molecule has 28 heavy (non-hydrogen) atoms. The lowest BCUT2D eigenvalue weighted by atomic mass is 10.0. The Labute approximate surface area is 171 Å². The average Bonchev–Trinajstić information content (AvgIpc) is 3.03. The van der Waals surface area contributed by atoms with Gasteiger partial charge in [0.1, 0.15) is 15.5 Å². The van der Waals surface area contributed by atoms with Crippen LogP contribution in [0.3, 0.4) is 0 Å². The van der Waals surface area contributed by atoms with Crippen LogP contribution in [-0.4, -0.2) is 17.9 Å². The quantitative estimate of drug-likeness (QED) is 0.437. The molecular weight excluding hydrogens is 392 g/mol. The standard InChI is InChI=1S/C22H17ClN2O2S/c1-12-11-17(13-3-7-15(23)8-4-13)18-19(24)21(28-22(18)25-12)20(26)14-5-9-16(27-2)10-6-14/h3-11H,24H2,1-2H3. The molecule has 2 N–H and O–H groups in total. The van der Waals surface area contributed by atoms with Gasteiger partial charge in [0.2, 0.25) is 5.78 Å². The highest BCUT2D eigenvalue weighted by Crippen LogP contribution is 2.40. The monoisotopic (exact) mass is 408 g/mol. The molecule has 0 radical (unpaired) electrons. The van der Waals surface area contributed by atoms with Crippen molar-refractivity contribution >= 4 is 44.6 Å². The van der Waals surface area contributed by atoms with Gasteiger partial charge in [-0.05, 0) is 60.5 Å². The lowest BCUT2D eigenvalue weighted by Gasteiger charge is -2.07. The topological polar surface area (TPSA) is 65.2 Å². The van der Waals surface area contributed by atoms with E-state index in [1.165, 1.54) is 11.3 Å². The minimum absolute atomic E-state index is 0.122. The summed E-state index contributed by atoms with van der Waals surface area (Å²) in [5, 5.41) is 1.47. The molecule has 2 heterocycles. The van der Waals surface area contributed by atoms with Crippen molar-refractivity contribution in [3.05, 3.63) is 75.8 Å². The molecule has 0 amide bonds. The van der Waals surface area contributed by atoms with Gasteiger partial charge >= 0.3 is 0 Å². The Morgan fingerprint density at radius 3 is 2.43 bits per heavy atom. The lowest BCUT2D eigenvalue weighted by molar-refractivity contribution is 0.104. The highest BCUT2D eigenvalue weighted by molar-refractivity contribution is 7.21. The fraction of sp³-hybridized carbons (Fsp3) is 0.0909. The van der Waals surface area contributed by atoms with E-state index in [9.17, 15) is 4.79 Å². The van der Waals surface area contributed by atoms with Crippen molar-refractivity contribution in [2.45, 2.75) is 6.92 Å². The van der Waals surface area contributed by atoms with Crippen molar-refractivity contribution in [1.29, 1.82) is 0 Å². The number of pyridine rings is 1. The molecule has 0 unspecified atom stereocenters. The number of ketones is 1. The van der Waals surface area contributed by atoms with Gasteiger partial charge in [0.25, 0.3) is 0 Å². The van der Waals surface area contributed by atoms with Gasteiger partial charge in [0, 0.05) is 21.7 Å². The predicted octanol–water partition coefficient (Wildman–Crippen LogP) is 5.75. The maximum absolute atomic E-state index is 13.1. The number of nitrogens with two attached hydrogens (primary N) is 1. The number of hydrogen-bond donors (Lipinski definition) is 1. The molecule has 6 heteroatoms. The number of aryl methyl sites for hydroxylation is 1. The second kappa shape index (κ2) is 7.26. The van der Waals surface area contributed by atoms with Gasteiger partial charge in [0.05, 0.1) is 12.8 Å². The van der Waals surface area contributed by atoms with Crippen LogP contribution in [-0.2, 0) is 0 Å². The molecule has 0 bridgehead atoms. The third kappa shape index (κ3) is 3.23. The molecule has 0 aliphatic heterocycles. The molecule has 0 saturated heterocycles. The first-order valence-electron chi connectivity index (χ1n) is 8.62. The Hall–Kier alpha value is -2.89. The highest BCUT2D eigenvalue weighted by Gasteiger charge is 2.21. The zero-order chi connectivity index (χ0) is 19.8. The summed E-state index contributed by atoms with van der Waals surface area (Å²) in [6.45, 7) is 1.93. The van der Waals surface area contributed by atoms with Gasteiger partial charge in [-0.25, -0.2) is 4.98 Å². The highest BCUT2D eigenvalue weighted by atomic mass is 35.5. The molecule has 0 spiro atoms. The van der Waals surface area contributed by atoms with Gasteiger partial charge in [-0.15, -0.1) is 11.3 Å². The van der Waals surface area contributed by atoms with Crippen LogP contribution in [0.1, 0.15) is 20.9 Å². The zero-order valence-corrected chi connectivity index (χ0v) is 16.9. The number of anilines is 1. The van der Waals surface area contributed by atoms with E-state index in [-0.39, 0.29) is 5.78 Å². The molecule has 140 valence electrons. The summed E-state index contributed by atoms with van der Waals surface area (Å²) in [4.78, 5) is 18.9. The summed E-state index contributed by atoms with van der Waals surface area (Å²) in [5.74, 6) is 0.575. The number of carbonyl (C=O) groups excluding carboxylic acids is 1. The molecular formula is C22H17ClN2O2S. The molecule has 0 atom stereocenters. The summed E-state index contributed by atoms with van der Waals surface area (Å²) in [5.41, 5.74) is 10.3. The summed E-state index contributed by atoms with van der Waals surface area (Å²) in [6, 6.07) is 16.5. The lowest BCUT2D eigenvalue weighted by Crippen LogP contribution is -2.02. The van der Waals surface area contributed by atoms with Crippen LogP contribution in [0.15, 0.2) is 54.6 Å². The van der Waals surface area contributed by atoms with E-state index < -0.39 is 0 Å². The van der Waals surface area contributed by atoms with Gasteiger partial charge in [0.15, 0.2) is 0 Å². The number of aromatic nitrogens is 1. The SMILES string of the molecule is COc1ccc(C(=O)c2sc3nc(C)cc(-c4ccc(Cl)cc4)c3c2N)cc1. The predicted molar refractivity (Wildman–Crippen MR) is 116 cm³/mol. The Balaban J connectivity index is 1.87. The molecule has 4 nitrogen and oxygen atoms in total. The van der Waals surface area contributed by atoms with Crippen molar-refractivity contribution in [2.75, 3.05) is 12.8 Å². The minimum atomic E-state index is -0.122. The molecule has 2 aromatic heterocycles. The number of fused-ring (bicyclic) bond motifs is 1. The van der Waals surface area contributed by atoms with E-state index in [2.05, 4.69) is 4.98 Å². The van der Waals surface area contributed by atoms with Crippen LogP contribution in [0.2, 0.25) is 5.02 Å². The minimum Gasteiger partial charge on any atom is -0.497 e. The molecule has 0 aliphatic carbocycles. The smallest absolute Gasteiger partial charge is 0.205 e. The fourth-order valence-electron chi connectivity index (χ4n) is 3.14. The van der Waals surface area contributed by atoms with Crippen LogP contribution >= 0.6 is 22.9 Å². The van der Waals surface area contributed by atoms with E-state index in [1.807, 2.05) is 37.3 Å². The number of rotatable bonds is 4. The number of carbonyl (C=O) groups is 1. The normalized spacial score (nSPS) is 11.0. The van der Waals surface area contributed by atoms with Crippen LogP contribution in [0.5, 0.6) is 5.75 Å². The summed E-state index contributed by atoms with van der Waals surface area (Å²) >= 11 is 7.35. The molecule has 2 aromatic carbocycles. The van der Waals surface area contributed by atoms with Crippen LogP contribution in [0.4, 0.5) is 5.69 Å². The summed E-state index contributed by atoms with van der Waals surface area (Å²) in [7, 11) is 1.59. The van der Waals surface area contributed by atoms with Crippen molar-refractivity contribution in [1.82, 2.24) is 4.98 Å². The largest absolute Gasteiger partial charge is 0.497 e. The molecule has 0 saturated carbocycles. The molecule has 4 rings (SSSR count). The Morgan fingerprint density at radius 2 is 1.79 bits per heavy atom. The van der Waals surface area contributed by atoms with Gasteiger partial charge < -0.3 is 10.5 Å². The number of nitrogens with zero attached hydrogens (tertiary/aromatic N) is 1. The maximum Gasteiger partial charge on any atom is 0.205 e. The molecule has 0 aliphatic rings. The average molecular weight is 409 g/mol. The third-order valence-electron chi connectivity index (χ3n) is 4.54. The first kappa shape index (κ1) is 18.5. The van der Waals surface area contributed by atoms with E-state index in [0.29, 0.717) is 26.9 Å². The zero-order valence-electron chi connectivity index (χ0n) is 15.3. The van der Waals surface area contributed by atoms with Crippen molar-refractivity contribution in [2.24, 2.45) is 0 Å². The number of halogens is 1. The number of methoxy groups -OCH3 is 1. The van der Waals surface area contributed by atoms with Gasteiger partial charge in [-0.3, -0.25) is 4.79 Å². The number of ether oxygens (including phenoxy) is 1. The van der Waals surface area contributed by atoms with Crippen LogP contribution < -0.4 is 10.5 Å². The summed E-state index contributed by atoms with van der Waals surface area (Å²) < 4.78 is 5.16. The Morgan fingerprint density at radius 1 is 1.11 bits per heavy atom. The first-order chi connectivity index (χ1) is 13.5. The second-order valence-corrected chi connectivity index (χ2v) is 7.84. The van der Waals surface area contributed by atoms with Crippen LogP contribution in [0.25, 0.3) is 21.3 Å². The van der Waals surface area contributed by atoms with Gasteiger partial charge in [-0.1, -0.05) is 23.7 Å². The molecule has 4 aromatic rings. The van der Waals surface area contributed by atoms with E-state index >= 15 is 0 Å². The van der Waals surface area contributed by atoms with E-state index in [0.717, 1.165) is 27.0 Å². The van der Waals surface area contributed by atoms with Gasteiger partial charge in [-0.2, -0.15) is 0 Å².